The first-order chi connectivity index (χ1) is 11.6. The Kier molecular flexibility index (Phi) is 9.20. The summed E-state index contributed by atoms with van der Waals surface area (Å²) in [6.07, 6.45) is 1.97. The number of halogens is 2. The second-order valence-electron chi connectivity index (χ2n) is 5.61. The van der Waals surface area contributed by atoms with Gasteiger partial charge in [-0.3, -0.25) is 4.79 Å². The van der Waals surface area contributed by atoms with Gasteiger partial charge < -0.3 is 16.0 Å². The molecule has 3 N–H and O–H groups in total. The minimum absolute atomic E-state index is 0. The second kappa shape index (κ2) is 10.9. The van der Waals surface area contributed by atoms with E-state index in [1.165, 1.54) is 6.07 Å². The van der Waals surface area contributed by atoms with Crippen molar-refractivity contribution in [3.63, 3.8) is 0 Å². The largest absolute Gasteiger partial charge is 0.357 e. The molecule has 2 rings (SSSR count). The number of rotatable bonds is 7. The van der Waals surface area contributed by atoms with Gasteiger partial charge in [0.1, 0.15) is 5.82 Å². The smallest absolute Gasteiger partial charge is 0.223 e. The predicted octanol–water partition coefficient (Wildman–Crippen LogP) is 1.90. The molecule has 1 aromatic rings. The average molecular weight is 459 g/mol. The van der Waals surface area contributed by atoms with Gasteiger partial charge in [-0.15, -0.1) is 24.0 Å². The molecule has 0 unspecified atom stereocenters. The quantitative estimate of drug-likeness (QED) is 0.252. The summed E-state index contributed by atoms with van der Waals surface area (Å²) in [6, 6.07) is 6.25. The van der Waals surface area contributed by atoms with Gasteiger partial charge in [0.05, 0.1) is 18.2 Å². The Morgan fingerprint density at radius 1 is 1.32 bits per heavy atom. The summed E-state index contributed by atoms with van der Waals surface area (Å²) < 4.78 is 13.8. The minimum atomic E-state index is -0.439. The van der Waals surface area contributed by atoms with Gasteiger partial charge in [0.15, 0.2) is 5.96 Å². The number of benzene rings is 1. The van der Waals surface area contributed by atoms with E-state index in [0.717, 1.165) is 12.8 Å². The lowest BCUT2D eigenvalue weighted by atomic mass is 10.1. The molecule has 1 aliphatic rings. The van der Waals surface area contributed by atoms with Crippen LogP contribution < -0.4 is 16.0 Å². The molecule has 136 valence electrons. The Morgan fingerprint density at radius 3 is 2.64 bits per heavy atom. The zero-order chi connectivity index (χ0) is 17.4. The molecule has 0 atom stereocenters. The summed E-state index contributed by atoms with van der Waals surface area (Å²) in [5, 5.41) is 17.8. The summed E-state index contributed by atoms with van der Waals surface area (Å²) in [5.41, 5.74) is 0.713. The molecule has 0 aliphatic heterocycles. The van der Waals surface area contributed by atoms with Crippen molar-refractivity contribution in [1.82, 2.24) is 16.0 Å². The number of carbonyl (C=O) groups excluding carboxylic acids is 1. The third-order valence-corrected chi connectivity index (χ3v) is 3.60. The standard InChI is InChI=1S/C17H22FN5O.HI/c1-2-20-17(22-8-7-21-16(24)13-5-6-13)23-11-14-4-3-12(10-19)9-15(14)18;/h3-4,9,13H,2,5-8,11H2,1H3,(H,21,24)(H2,20,22,23);1H. The van der Waals surface area contributed by atoms with Crippen molar-refractivity contribution in [1.29, 1.82) is 5.26 Å². The fraction of sp³-hybridized carbons (Fsp3) is 0.471. The van der Waals surface area contributed by atoms with Gasteiger partial charge in [-0.25, -0.2) is 9.38 Å². The Bertz CT molecular complexity index is 655. The lowest BCUT2D eigenvalue weighted by Crippen LogP contribution is -2.41. The normalized spacial score (nSPS) is 13.4. The van der Waals surface area contributed by atoms with E-state index in [9.17, 15) is 9.18 Å². The van der Waals surface area contributed by atoms with E-state index >= 15 is 0 Å². The lowest BCUT2D eigenvalue weighted by Gasteiger charge is -2.12. The minimum Gasteiger partial charge on any atom is -0.357 e. The first-order valence-corrected chi connectivity index (χ1v) is 8.12. The molecule has 0 heterocycles. The van der Waals surface area contributed by atoms with Crippen molar-refractivity contribution < 1.29 is 9.18 Å². The topological polar surface area (TPSA) is 89.3 Å². The monoisotopic (exact) mass is 459 g/mol. The van der Waals surface area contributed by atoms with Crippen molar-refractivity contribution in [2.24, 2.45) is 10.9 Å². The van der Waals surface area contributed by atoms with E-state index in [-0.39, 0.29) is 47.9 Å². The lowest BCUT2D eigenvalue weighted by molar-refractivity contribution is -0.122. The number of hydrogen-bond donors (Lipinski definition) is 3. The number of hydrogen-bond acceptors (Lipinski definition) is 3. The van der Waals surface area contributed by atoms with Gasteiger partial charge in [0.25, 0.3) is 0 Å². The van der Waals surface area contributed by atoms with Crippen molar-refractivity contribution >= 4 is 35.8 Å². The summed E-state index contributed by atoms with van der Waals surface area (Å²) >= 11 is 0. The summed E-state index contributed by atoms with van der Waals surface area (Å²) in [7, 11) is 0. The Balaban J connectivity index is 0.00000312. The fourth-order valence-electron chi connectivity index (χ4n) is 2.11. The Hall–Kier alpha value is -1.89. The second-order valence-corrected chi connectivity index (χ2v) is 5.61. The highest BCUT2D eigenvalue weighted by molar-refractivity contribution is 14.0. The summed E-state index contributed by atoms with van der Waals surface area (Å²) in [4.78, 5) is 15.8. The average Bonchev–Trinajstić information content (AvgIpc) is 3.42. The van der Waals surface area contributed by atoms with Crippen LogP contribution in [0.3, 0.4) is 0 Å². The number of guanidine groups is 1. The number of nitrogens with zero attached hydrogens (tertiary/aromatic N) is 2. The molecule has 1 aromatic carbocycles. The van der Waals surface area contributed by atoms with Gasteiger partial charge in [-0.05, 0) is 31.9 Å². The summed E-state index contributed by atoms with van der Waals surface area (Å²) in [6.45, 7) is 3.84. The van der Waals surface area contributed by atoms with Crippen LogP contribution in [0.1, 0.15) is 30.9 Å². The van der Waals surface area contributed by atoms with E-state index in [2.05, 4.69) is 20.9 Å². The van der Waals surface area contributed by atoms with Crippen LogP contribution in [0.2, 0.25) is 0 Å². The number of amides is 1. The first kappa shape index (κ1) is 21.2. The maximum absolute atomic E-state index is 13.8. The molecule has 6 nitrogen and oxygen atoms in total. The van der Waals surface area contributed by atoms with E-state index in [4.69, 9.17) is 5.26 Å². The molecule has 0 aromatic heterocycles. The molecular weight excluding hydrogens is 436 g/mol. The third kappa shape index (κ3) is 7.25. The van der Waals surface area contributed by atoms with Gasteiger partial charge in [0, 0.05) is 31.1 Å². The first-order valence-electron chi connectivity index (χ1n) is 8.12. The summed E-state index contributed by atoms with van der Waals surface area (Å²) in [5.74, 6) is 0.428. The number of aliphatic imine (C=N–C) groups is 1. The zero-order valence-electron chi connectivity index (χ0n) is 14.1. The molecule has 1 fully saturated rings. The highest BCUT2D eigenvalue weighted by atomic mass is 127. The third-order valence-electron chi connectivity index (χ3n) is 3.60. The molecule has 0 spiro atoms. The van der Waals surface area contributed by atoms with Crippen molar-refractivity contribution in [3.05, 3.63) is 35.1 Å². The van der Waals surface area contributed by atoms with E-state index in [0.29, 0.717) is 31.2 Å². The highest BCUT2D eigenvalue weighted by Crippen LogP contribution is 2.28. The van der Waals surface area contributed by atoms with E-state index in [1.807, 2.05) is 13.0 Å². The van der Waals surface area contributed by atoms with Crippen LogP contribution in [0, 0.1) is 23.1 Å². The van der Waals surface area contributed by atoms with Crippen LogP contribution in [0.15, 0.2) is 23.2 Å². The van der Waals surface area contributed by atoms with Crippen LogP contribution >= 0.6 is 24.0 Å². The van der Waals surface area contributed by atoms with Gasteiger partial charge >= 0.3 is 0 Å². The van der Waals surface area contributed by atoms with Crippen LogP contribution in [0.4, 0.5) is 4.39 Å². The fourth-order valence-corrected chi connectivity index (χ4v) is 2.11. The van der Waals surface area contributed by atoms with Gasteiger partial charge in [-0.2, -0.15) is 5.26 Å². The van der Waals surface area contributed by atoms with Crippen LogP contribution in [-0.4, -0.2) is 31.5 Å². The number of nitriles is 1. The highest BCUT2D eigenvalue weighted by Gasteiger charge is 2.28. The maximum atomic E-state index is 13.8. The SMILES string of the molecule is CCNC(=NCc1ccc(C#N)cc1F)NCCNC(=O)C1CC1.I. The number of carbonyl (C=O) groups is 1. The van der Waals surface area contributed by atoms with Crippen LogP contribution in [0.25, 0.3) is 0 Å². The molecule has 0 bridgehead atoms. The van der Waals surface area contributed by atoms with Crippen LogP contribution in [0.5, 0.6) is 0 Å². The zero-order valence-corrected chi connectivity index (χ0v) is 16.5. The van der Waals surface area contributed by atoms with Crippen LogP contribution in [-0.2, 0) is 11.3 Å². The molecular formula is C17H23FIN5O. The maximum Gasteiger partial charge on any atom is 0.223 e. The Labute approximate surface area is 164 Å². The van der Waals surface area contributed by atoms with Crippen molar-refractivity contribution in [3.8, 4) is 6.07 Å². The van der Waals surface area contributed by atoms with E-state index < -0.39 is 5.82 Å². The molecule has 25 heavy (non-hydrogen) atoms. The molecule has 8 heteroatoms. The molecule has 1 aliphatic carbocycles. The van der Waals surface area contributed by atoms with Gasteiger partial charge in [0.2, 0.25) is 5.91 Å². The van der Waals surface area contributed by atoms with Crippen molar-refractivity contribution in [2.75, 3.05) is 19.6 Å². The molecule has 0 radical (unpaired) electrons. The Morgan fingerprint density at radius 2 is 2.04 bits per heavy atom. The van der Waals surface area contributed by atoms with E-state index in [1.54, 1.807) is 12.1 Å². The van der Waals surface area contributed by atoms with Crippen molar-refractivity contribution in [2.45, 2.75) is 26.3 Å². The molecule has 0 saturated heterocycles. The number of nitrogens with one attached hydrogen (secondary N) is 3. The molecule has 1 saturated carbocycles. The molecule has 1 amide bonds. The van der Waals surface area contributed by atoms with Gasteiger partial charge in [-0.1, -0.05) is 6.07 Å². The predicted molar refractivity (Wildman–Crippen MR) is 105 cm³/mol.